The summed E-state index contributed by atoms with van der Waals surface area (Å²) in [7, 11) is 0. The minimum Gasteiger partial charge on any atom is -0.459 e. The first-order valence-corrected chi connectivity index (χ1v) is 9.83. The number of benzene rings is 1. The summed E-state index contributed by atoms with van der Waals surface area (Å²) in [5, 5.41) is 0. The molecule has 2 aromatic rings. The summed E-state index contributed by atoms with van der Waals surface area (Å²) in [6, 6.07) is 11.0. The fraction of sp³-hybridized carbons (Fsp3) is 0.500. The van der Waals surface area contributed by atoms with Crippen LogP contribution in [0.15, 0.2) is 41.0 Å². The molecule has 26 heavy (non-hydrogen) atoms. The van der Waals surface area contributed by atoms with Gasteiger partial charge in [-0.15, -0.1) is 0 Å². The van der Waals surface area contributed by atoms with E-state index in [0.29, 0.717) is 17.7 Å². The van der Waals surface area contributed by atoms with E-state index in [1.54, 1.807) is 6.26 Å². The second-order valence-corrected chi connectivity index (χ2v) is 7.91. The van der Waals surface area contributed by atoms with Crippen LogP contribution in [-0.4, -0.2) is 29.9 Å². The standard InChI is InChI=1S/C22H28N2O2/c1-16-6-5-11-23(12-9-16)22(25)21-19(10-13-26-21)15-24-17(2)14-18-7-3-4-8-20(18)24/h3-4,7-8,10,13,16-17H,5-6,9,11-12,14-15H2,1-2H3. The van der Waals surface area contributed by atoms with Crippen molar-refractivity contribution in [1.29, 1.82) is 0 Å². The zero-order valence-corrected chi connectivity index (χ0v) is 15.8. The molecule has 0 bridgehead atoms. The van der Waals surface area contributed by atoms with Crippen molar-refractivity contribution in [3.63, 3.8) is 0 Å². The number of fused-ring (bicyclic) bond motifs is 1. The Hall–Kier alpha value is -2.23. The molecule has 1 amide bonds. The third-order valence-corrected chi connectivity index (χ3v) is 5.93. The maximum atomic E-state index is 13.1. The van der Waals surface area contributed by atoms with Gasteiger partial charge in [0, 0.05) is 36.9 Å². The van der Waals surface area contributed by atoms with Crippen LogP contribution < -0.4 is 4.90 Å². The van der Waals surface area contributed by atoms with E-state index >= 15 is 0 Å². The molecule has 0 spiro atoms. The molecule has 138 valence electrons. The summed E-state index contributed by atoms with van der Waals surface area (Å²) in [6.45, 7) is 6.92. The van der Waals surface area contributed by atoms with Gasteiger partial charge in [-0.25, -0.2) is 0 Å². The van der Waals surface area contributed by atoms with Gasteiger partial charge in [0.2, 0.25) is 0 Å². The van der Waals surface area contributed by atoms with Crippen molar-refractivity contribution in [3.05, 3.63) is 53.5 Å². The number of likely N-dealkylation sites (tertiary alicyclic amines) is 1. The van der Waals surface area contributed by atoms with E-state index in [0.717, 1.165) is 44.5 Å². The number of furan rings is 1. The Morgan fingerprint density at radius 2 is 2.00 bits per heavy atom. The predicted molar refractivity (Wildman–Crippen MR) is 103 cm³/mol. The molecule has 4 heteroatoms. The molecular weight excluding hydrogens is 324 g/mol. The van der Waals surface area contributed by atoms with Crippen molar-refractivity contribution in [2.24, 2.45) is 5.92 Å². The zero-order chi connectivity index (χ0) is 18.1. The number of hydrogen-bond donors (Lipinski definition) is 0. The number of nitrogens with zero attached hydrogens (tertiary/aromatic N) is 2. The van der Waals surface area contributed by atoms with E-state index < -0.39 is 0 Å². The van der Waals surface area contributed by atoms with Gasteiger partial charge in [-0.05, 0) is 56.2 Å². The lowest BCUT2D eigenvalue weighted by Crippen LogP contribution is -2.33. The molecule has 2 atom stereocenters. The number of carbonyl (C=O) groups excluding carboxylic acids is 1. The Balaban J connectivity index is 1.53. The molecule has 1 saturated heterocycles. The minimum atomic E-state index is 0.0548. The highest BCUT2D eigenvalue weighted by molar-refractivity contribution is 5.93. The highest BCUT2D eigenvalue weighted by Crippen LogP contribution is 2.34. The highest BCUT2D eigenvalue weighted by Gasteiger charge is 2.29. The maximum Gasteiger partial charge on any atom is 0.289 e. The van der Waals surface area contributed by atoms with Gasteiger partial charge in [0.1, 0.15) is 0 Å². The van der Waals surface area contributed by atoms with Crippen LogP contribution in [-0.2, 0) is 13.0 Å². The molecule has 0 aliphatic carbocycles. The van der Waals surface area contributed by atoms with Gasteiger partial charge in [-0.1, -0.05) is 25.1 Å². The number of para-hydroxylation sites is 1. The van der Waals surface area contributed by atoms with Crippen molar-refractivity contribution in [2.45, 2.75) is 52.1 Å². The molecule has 0 radical (unpaired) electrons. The molecule has 1 fully saturated rings. The number of carbonyl (C=O) groups is 1. The van der Waals surface area contributed by atoms with Crippen LogP contribution in [0.3, 0.4) is 0 Å². The first kappa shape index (κ1) is 17.2. The number of amides is 1. The minimum absolute atomic E-state index is 0.0548. The van der Waals surface area contributed by atoms with Gasteiger partial charge in [0.25, 0.3) is 5.91 Å². The van der Waals surface area contributed by atoms with Crippen LogP contribution in [0.1, 0.15) is 54.8 Å². The Morgan fingerprint density at radius 1 is 1.15 bits per heavy atom. The molecule has 2 unspecified atom stereocenters. The highest BCUT2D eigenvalue weighted by atomic mass is 16.3. The van der Waals surface area contributed by atoms with Crippen molar-refractivity contribution in [2.75, 3.05) is 18.0 Å². The number of hydrogen-bond acceptors (Lipinski definition) is 3. The third kappa shape index (κ3) is 3.25. The number of anilines is 1. The monoisotopic (exact) mass is 352 g/mol. The summed E-state index contributed by atoms with van der Waals surface area (Å²) in [5.41, 5.74) is 3.66. The summed E-state index contributed by atoms with van der Waals surface area (Å²) < 4.78 is 5.66. The average molecular weight is 352 g/mol. The van der Waals surface area contributed by atoms with Gasteiger partial charge in [-0.2, -0.15) is 0 Å². The molecule has 0 N–H and O–H groups in total. The molecule has 4 nitrogen and oxygen atoms in total. The lowest BCUT2D eigenvalue weighted by atomic mass is 10.0. The van der Waals surface area contributed by atoms with Crippen LogP contribution in [0, 0.1) is 5.92 Å². The molecule has 1 aromatic heterocycles. The molecule has 2 aliphatic rings. The first-order valence-electron chi connectivity index (χ1n) is 9.83. The van der Waals surface area contributed by atoms with Crippen molar-refractivity contribution in [3.8, 4) is 0 Å². The van der Waals surface area contributed by atoms with E-state index in [9.17, 15) is 4.79 Å². The normalized spacial score (nSPS) is 23.0. The third-order valence-electron chi connectivity index (χ3n) is 5.93. The smallest absolute Gasteiger partial charge is 0.289 e. The van der Waals surface area contributed by atoms with Crippen LogP contribution in [0.25, 0.3) is 0 Å². The van der Waals surface area contributed by atoms with E-state index in [4.69, 9.17) is 4.42 Å². The van der Waals surface area contributed by atoms with Crippen LogP contribution in [0.2, 0.25) is 0 Å². The lowest BCUT2D eigenvalue weighted by molar-refractivity contribution is 0.0726. The quantitative estimate of drug-likeness (QED) is 0.816. The molecular formula is C22H28N2O2. The van der Waals surface area contributed by atoms with Gasteiger partial charge < -0.3 is 14.2 Å². The fourth-order valence-corrected chi connectivity index (χ4v) is 4.31. The predicted octanol–water partition coefficient (Wildman–Crippen LogP) is 4.49. The molecule has 0 saturated carbocycles. The fourth-order valence-electron chi connectivity index (χ4n) is 4.31. The van der Waals surface area contributed by atoms with Gasteiger partial charge in [0.05, 0.1) is 6.26 Å². The van der Waals surface area contributed by atoms with Crippen molar-refractivity contribution >= 4 is 11.6 Å². The zero-order valence-electron chi connectivity index (χ0n) is 15.8. The number of rotatable bonds is 3. The van der Waals surface area contributed by atoms with E-state index in [1.807, 2.05) is 11.0 Å². The topological polar surface area (TPSA) is 36.7 Å². The van der Waals surface area contributed by atoms with E-state index in [-0.39, 0.29) is 5.91 Å². The Morgan fingerprint density at radius 3 is 2.88 bits per heavy atom. The molecule has 1 aromatic carbocycles. The summed E-state index contributed by atoms with van der Waals surface area (Å²) >= 11 is 0. The van der Waals surface area contributed by atoms with Gasteiger partial charge >= 0.3 is 0 Å². The summed E-state index contributed by atoms with van der Waals surface area (Å²) in [6.07, 6.45) is 6.09. The molecule has 2 aliphatic heterocycles. The largest absolute Gasteiger partial charge is 0.459 e. The van der Waals surface area contributed by atoms with Crippen LogP contribution in [0.5, 0.6) is 0 Å². The van der Waals surface area contributed by atoms with E-state index in [2.05, 4.69) is 43.0 Å². The van der Waals surface area contributed by atoms with Gasteiger partial charge in [-0.3, -0.25) is 4.79 Å². The average Bonchev–Trinajstić information content (AvgIpc) is 3.15. The summed E-state index contributed by atoms with van der Waals surface area (Å²) in [4.78, 5) is 17.4. The SMILES string of the molecule is CC1CCCN(C(=O)c2occc2CN2c3ccccc3CC2C)CC1. The second-order valence-electron chi connectivity index (χ2n) is 7.91. The molecule has 3 heterocycles. The Bertz CT molecular complexity index is 782. The van der Waals surface area contributed by atoms with Gasteiger partial charge in [0.15, 0.2) is 5.76 Å². The van der Waals surface area contributed by atoms with Crippen molar-refractivity contribution < 1.29 is 9.21 Å². The van der Waals surface area contributed by atoms with Crippen LogP contribution in [0.4, 0.5) is 5.69 Å². The maximum absolute atomic E-state index is 13.1. The Labute approximate surface area is 155 Å². The first-order chi connectivity index (χ1) is 12.6. The van der Waals surface area contributed by atoms with Crippen molar-refractivity contribution in [1.82, 2.24) is 4.90 Å². The van der Waals surface area contributed by atoms with E-state index in [1.165, 1.54) is 17.7 Å². The van der Waals surface area contributed by atoms with Crippen LogP contribution >= 0.6 is 0 Å². The molecule has 4 rings (SSSR count). The summed E-state index contributed by atoms with van der Waals surface area (Å²) in [5.74, 6) is 1.28. The lowest BCUT2D eigenvalue weighted by Gasteiger charge is -2.25. The second kappa shape index (κ2) is 7.18. The Kier molecular flexibility index (Phi) is 4.75.